The van der Waals surface area contributed by atoms with Crippen molar-refractivity contribution < 1.29 is 9.59 Å². The third kappa shape index (κ3) is 4.65. The second-order valence-corrected chi connectivity index (χ2v) is 7.45. The van der Waals surface area contributed by atoms with Crippen molar-refractivity contribution in [2.24, 2.45) is 11.7 Å². The van der Waals surface area contributed by atoms with Crippen LogP contribution in [-0.4, -0.2) is 39.7 Å². The van der Waals surface area contributed by atoms with Crippen LogP contribution in [0.25, 0.3) is 0 Å². The standard InChI is InChI=1S/C22H24N6O2/c23-21(29)18-3-1-11-27(15-18)20-9-8-19(13-24-20)26-22(30)17-6-4-16(5-7-17)14-28-12-2-10-25-28/h2,4-10,12-13,18H,1,3,11,14-15H2,(H2,23,29)(H,26,30). The van der Waals surface area contributed by atoms with Gasteiger partial charge >= 0.3 is 0 Å². The van der Waals surface area contributed by atoms with Crippen LogP contribution in [0.3, 0.4) is 0 Å². The molecule has 0 spiro atoms. The van der Waals surface area contributed by atoms with Gasteiger partial charge in [0.25, 0.3) is 5.91 Å². The molecule has 30 heavy (non-hydrogen) atoms. The molecule has 1 fully saturated rings. The summed E-state index contributed by atoms with van der Waals surface area (Å²) < 4.78 is 1.83. The van der Waals surface area contributed by atoms with Gasteiger partial charge in [-0.15, -0.1) is 0 Å². The highest BCUT2D eigenvalue weighted by atomic mass is 16.2. The minimum absolute atomic E-state index is 0.142. The minimum Gasteiger partial charge on any atom is -0.369 e. The molecule has 4 rings (SSSR count). The molecule has 2 amide bonds. The number of carbonyl (C=O) groups is 2. The van der Waals surface area contributed by atoms with Gasteiger partial charge in [0.15, 0.2) is 0 Å². The number of rotatable bonds is 6. The van der Waals surface area contributed by atoms with E-state index in [0.29, 0.717) is 24.3 Å². The van der Waals surface area contributed by atoms with Crippen LogP contribution in [0.15, 0.2) is 61.1 Å². The lowest BCUT2D eigenvalue weighted by atomic mass is 9.97. The molecule has 1 saturated heterocycles. The first kappa shape index (κ1) is 19.6. The van der Waals surface area contributed by atoms with Crippen LogP contribution >= 0.6 is 0 Å². The maximum absolute atomic E-state index is 12.5. The molecule has 0 bridgehead atoms. The lowest BCUT2D eigenvalue weighted by Gasteiger charge is -2.32. The Hall–Kier alpha value is -3.68. The molecule has 2 aromatic heterocycles. The summed E-state index contributed by atoms with van der Waals surface area (Å²) in [6, 6.07) is 13.0. The molecule has 1 atom stereocenters. The van der Waals surface area contributed by atoms with Crippen molar-refractivity contribution in [1.82, 2.24) is 14.8 Å². The monoisotopic (exact) mass is 404 g/mol. The summed E-state index contributed by atoms with van der Waals surface area (Å²) in [7, 11) is 0. The summed E-state index contributed by atoms with van der Waals surface area (Å²) in [6.45, 7) is 2.08. The Kier molecular flexibility index (Phi) is 5.74. The maximum atomic E-state index is 12.5. The molecule has 0 saturated carbocycles. The third-order valence-corrected chi connectivity index (χ3v) is 5.27. The van der Waals surface area contributed by atoms with E-state index in [1.807, 2.05) is 41.2 Å². The average molecular weight is 404 g/mol. The number of primary amides is 1. The Labute approximate surface area is 174 Å². The molecule has 1 aromatic carbocycles. The normalized spacial score (nSPS) is 16.3. The highest BCUT2D eigenvalue weighted by Crippen LogP contribution is 2.22. The number of benzene rings is 1. The lowest BCUT2D eigenvalue weighted by molar-refractivity contribution is -0.122. The Bertz CT molecular complexity index is 999. The van der Waals surface area contributed by atoms with Gasteiger partial charge in [-0.25, -0.2) is 4.98 Å². The second kappa shape index (κ2) is 8.77. The van der Waals surface area contributed by atoms with Crippen molar-refractivity contribution in [3.8, 4) is 0 Å². The van der Waals surface area contributed by atoms with Crippen molar-refractivity contribution in [2.75, 3.05) is 23.3 Å². The molecule has 1 aliphatic rings. The zero-order valence-corrected chi connectivity index (χ0v) is 16.6. The number of hydrogen-bond donors (Lipinski definition) is 2. The summed E-state index contributed by atoms with van der Waals surface area (Å²) in [5.74, 6) is 0.180. The smallest absolute Gasteiger partial charge is 0.255 e. The van der Waals surface area contributed by atoms with Crippen LogP contribution in [0.2, 0.25) is 0 Å². The maximum Gasteiger partial charge on any atom is 0.255 e. The Morgan fingerprint density at radius 2 is 2.00 bits per heavy atom. The average Bonchev–Trinajstić information content (AvgIpc) is 3.28. The molecule has 3 aromatic rings. The van der Waals surface area contributed by atoms with Crippen LogP contribution in [-0.2, 0) is 11.3 Å². The van der Waals surface area contributed by atoms with Crippen molar-refractivity contribution in [3.05, 3.63) is 72.2 Å². The molecular formula is C22H24N6O2. The molecule has 3 heterocycles. The summed E-state index contributed by atoms with van der Waals surface area (Å²) in [5.41, 5.74) is 7.70. The number of anilines is 2. The Morgan fingerprint density at radius 1 is 1.17 bits per heavy atom. The quantitative estimate of drug-likeness (QED) is 0.656. The van der Waals surface area contributed by atoms with E-state index in [4.69, 9.17) is 5.73 Å². The van der Waals surface area contributed by atoms with E-state index in [1.54, 1.807) is 24.5 Å². The van der Waals surface area contributed by atoms with Gasteiger partial charge < -0.3 is 16.0 Å². The molecule has 8 nitrogen and oxygen atoms in total. The van der Waals surface area contributed by atoms with Crippen LogP contribution in [0.5, 0.6) is 0 Å². The number of amides is 2. The summed E-state index contributed by atoms with van der Waals surface area (Å²) in [5, 5.41) is 7.05. The fourth-order valence-corrected chi connectivity index (χ4v) is 3.61. The minimum atomic E-state index is -0.265. The first-order valence-electron chi connectivity index (χ1n) is 9.96. The highest BCUT2D eigenvalue weighted by molar-refractivity contribution is 6.04. The number of carbonyl (C=O) groups excluding carboxylic acids is 2. The molecule has 154 valence electrons. The zero-order chi connectivity index (χ0) is 20.9. The Morgan fingerprint density at radius 3 is 2.67 bits per heavy atom. The van der Waals surface area contributed by atoms with E-state index < -0.39 is 0 Å². The van der Waals surface area contributed by atoms with Crippen molar-refractivity contribution in [3.63, 3.8) is 0 Å². The molecule has 0 aliphatic carbocycles. The van der Waals surface area contributed by atoms with Crippen molar-refractivity contribution in [1.29, 1.82) is 0 Å². The van der Waals surface area contributed by atoms with Crippen molar-refractivity contribution >= 4 is 23.3 Å². The second-order valence-electron chi connectivity index (χ2n) is 7.45. The number of nitrogens with zero attached hydrogens (tertiary/aromatic N) is 4. The number of nitrogens with one attached hydrogen (secondary N) is 1. The Balaban J connectivity index is 1.36. The fraction of sp³-hybridized carbons (Fsp3) is 0.273. The molecular weight excluding hydrogens is 380 g/mol. The van der Waals surface area contributed by atoms with Gasteiger partial charge in [0.2, 0.25) is 5.91 Å². The summed E-state index contributed by atoms with van der Waals surface area (Å²) in [6.07, 6.45) is 7.00. The number of aromatic nitrogens is 3. The van der Waals surface area contributed by atoms with E-state index in [-0.39, 0.29) is 17.7 Å². The zero-order valence-electron chi connectivity index (χ0n) is 16.6. The van der Waals surface area contributed by atoms with Gasteiger partial charge in [0.1, 0.15) is 5.82 Å². The first-order valence-corrected chi connectivity index (χ1v) is 9.96. The number of pyridine rings is 1. The van der Waals surface area contributed by atoms with Gasteiger partial charge in [0, 0.05) is 31.0 Å². The van der Waals surface area contributed by atoms with E-state index in [2.05, 4.69) is 20.3 Å². The molecule has 1 aliphatic heterocycles. The van der Waals surface area contributed by atoms with Crippen LogP contribution in [0.1, 0.15) is 28.8 Å². The van der Waals surface area contributed by atoms with E-state index in [1.165, 1.54) is 0 Å². The van der Waals surface area contributed by atoms with Crippen LogP contribution in [0, 0.1) is 5.92 Å². The summed E-state index contributed by atoms with van der Waals surface area (Å²) in [4.78, 5) is 30.5. The van der Waals surface area contributed by atoms with Gasteiger partial charge in [-0.3, -0.25) is 14.3 Å². The number of nitrogens with two attached hydrogens (primary N) is 1. The van der Waals surface area contributed by atoms with E-state index >= 15 is 0 Å². The molecule has 1 unspecified atom stereocenters. The summed E-state index contributed by atoms with van der Waals surface area (Å²) >= 11 is 0. The van der Waals surface area contributed by atoms with E-state index in [9.17, 15) is 9.59 Å². The number of piperidine rings is 1. The largest absolute Gasteiger partial charge is 0.369 e. The first-order chi connectivity index (χ1) is 14.6. The highest BCUT2D eigenvalue weighted by Gasteiger charge is 2.24. The van der Waals surface area contributed by atoms with Gasteiger partial charge in [-0.1, -0.05) is 12.1 Å². The number of hydrogen-bond acceptors (Lipinski definition) is 5. The van der Waals surface area contributed by atoms with Crippen molar-refractivity contribution in [2.45, 2.75) is 19.4 Å². The predicted octanol–water partition coefficient (Wildman–Crippen LogP) is 2.28. The van der Waals surface area contributed by atoms with Crippen LogP contribution < -0.4 is 16.0 Å². The lowest BCUT2D eigenvalue weighted by Crippen LogP contribution is -2.41. The van der Waals surface area contributed by atoms with Gasteiger partial charge in [-0.2, -0.15) is 5.10 Å². The fourth-order valence-electron chi connectivity index (χ4n) is 3.61. The SMILES string of the molecule is NC(=O)C1CCCN(c2ccc(NC(=O)c3ccc(Cn4cccn4)cc3)cn2)C1. The third-order valence-electron chi connectivity index (χ3n) is 5.27. The molecule has 3 N–H and O–H groups in total. The van der Waals surface area contributed by atoms with E-state index in [0.717, 1.165) is 30.8 Å². The van der Waals surface area contributed by atoms with Gasteiger partial charge in [0.05, 0.1) is 24.3 Å². The molecule has 8 heteroatoms. The van der Waals surface area contributed by atoms with Gasteiger partial charge in [-0.05, 0) is 48.7 Å². The van der Waals surface area contributed by atoms with Crippen LogP contribution in [0.4, 0.5) is 11.5 Å². The molecule has 0 radical (unpaired) electrons. The predicted molar refractivity (Wildman–Crippen MR) is 114 cm³/mol. The topological polar surface area (TPSA) is 106 Å².